The molecule has 0 bridgehead atoms. The van der Waals surface area contributed by atoms with Gasteiger partial charge < -0.3 is 4.90 Å². The van der Waals surface area contributed by atoms with Gasteiger partial charge in [0.15, 0.2) is 5.82 Å². The quantitative estimate of drug-likeness (QED) is 0.716. The molecule has 1 saturated heterocycles. The summed E-state index contributed by atoms with van der Waals surface area (Å²) in [7, 11) is 0. The summed E-state index contributed by atoms with van der Waals surface area (Å²) in [6.07, 6.45) is 9.56. The number of piperidine rings is 1. The van der Waals surface area contributed by atoms with Gasteiger partial charge in [-0.05, 0) is 24.8 Å². The number of hydrogen-bond acceptors (Lipinski definition) is 6. The lowest BCUT2D eigenvalue weighted by atomic mass is 9.98. The molecular weight excluding hydrogens is 332 g/mol. The normalized spacial score (nSPS) is 18.0. The molecule has 4 heterocycles. The smallest absolute Gasteiger partial charge is 0.173 e. The van der Waals surface area contributed by atoms with Crippen molar-refractivity contribution in [3.63, 3.8) is 0 Å². The minimum Gasteiger partial charge on any atom is -0.355 e. The zero-order valence-corrected chi connectivity index (χ0v) is 15.4. The first-order valence-corrected chi connectivity index (χ1v) is 9.61. The van der Waals surface area contributed by atoms with Crippen LogP contribution in [-0.2, 0) is 0 Å². The van der Waals surface area contributed by atoms with Crippen molar-refractivity contribution in [2.75, 3.05) is 18.0 Å². The summed E-state index contributed by atoms with van der Waals surface area (Å²) >= 11 is 1.79. The Hall–Kier alpha value is -2.28. The third-order valence-corrected chi connectivity index (χ3v) is 5.60. The maximum absolute atomic E-state index is 4.86. The van der Waals surface area contributed by atoms with Crippen LogP contribution in [0.4, 0.5) is 5.82 Å². The summed E-state index contributed by atoms with van der Waals surface area (Å²) in [6.45, 7) is 6.35. The molecular formula is C18H22N6S. The Bertz CT molecular complexity index is 826. The first-order chi connectivity index (χ1) is 12.2. The van der Waals surface area contributed by atoms with Crippen molar-refractivity contribution in [1.29, 1.82) is 0 Å². The fraction of sp³-hybridized carbons (Fsp3) is 0.444. The molecule has 0 saturated carbocycles. The molecule has 0 aromatic carbocycles. The van der Waals surface area contributed by atoms with Gasteiger partial charge in [-0.3, -0.25) is 4.98 Å². The SMILES string of the molecule is CC(C)c1csc(C2CCCN(c3cncc(-n4cccn4)n3)C2)n1. The zero-order valence-electron chi connectivity index (χ0n) is 14.5. The van der Waals surface area contributed by atoms with Gasteiger partial charge in [-0.1, -0.05) is 13.8 Å². The molecule has 1 aliphatic heterocycles. The highest BCUT2D eigenvalue weighted by Crippen LogP contribution is 2.32. The van der Waals surface area contributed by atoms with E-state index in [4.69, 9.17) is 9.97 Å². The van der Waals surface area contributed by atoms with Crippen LogP contribution in [-0.4, -0.2) is 37.8 Å². The summed E-state index contributed by atoms with van der Waals surface area (Å²) in [5.74, 6) is 2.63. The Labute approximate surface area is 151 Å². The van der Waals surface area contributed by atoms with E-state index in [-0.39, 0.29) is 0 Å². The number of rotatable bonds is 4. The van der Waals surface area contributed by atoms with Crippen LogP contribution in [0.15, 0.2) is 36.2 Å². The highest BCUT2D eigenvalue weighted by molar-refractivity contribution is 7.09. The van der Waals surface area contributed by atoms with Crippen molar-refractivity contribution in [3.05, 3.63) is 46.9 Å². The second-order valence-corrected chi connectivity index (χ2v) is 7.63. The predicted molar refractivity (Wildman–Crippen MR) is 99.5 cm³/mol. The largest absolute Gasteiger partial charge is 0.355 e. The van der Waals surface area contributed by atoms with Crippen LogP contribution < -0.4 is 4.90 Å². The molecule has 1 unspecified atom stereocenters. The average Bonchev–Trinajstić information content (AvgIpc) is 3.34. The van der Waals surface area contributed by atoms with Gasteiger partial charge >= 0.3 is 0 Å². The third kappa shape index (κ3) is 3.42. The van der Waals surface area contributed by atoms with Gasteiger partial charge in [0.25, 0.3) is 0 Å². The van der Waals surface area contributed by atoms with Crippen molar-refractivity contribution in [1.82, 2.24) is 24.7 Å². The zero-order chi connectivity index (χ0) is 17.2. The summed E-state index contributed by atoms with van der Waals surface area (Å²) in [4.78, 5) is 16.3. The maximum atomic E-state index is 4.86. The molecule has 4 rings (SSSR count). The van der Waals surface area contributed by atoms with E-state index >= 15 is 0 Å². The van der Waals surface area contributed by atoms with E-state index in [1.54, 1.807) is 28.4 Å². The van der Waals surface area contributed by atoms with Gasteiger partial charge in [-0.2, -0.15) is 5.10 Å². The van der Waals surface area contributed by atoms with Crippen LogP contribution in [0.1, 0.15) is 49.2 Å². The second kappa shape index (κ2) is 6.92. The van der Waals surface area contributed by atoms with Gasteiger partial charge in [0.05, 0.1) is 23.1 Å². The fourth-order valence-electron chi connectivity index (χ4n) is 3.15. The standard InChI is InChI=1S/C18H22N6S/c1-13(2)15-12-25-18(21-15)14-5-3-7-23(11-14)16-9-19-10-17(22-16)24-8-4-6-20-24/h4,6,8-10,12-14H,3,5,7,11H2,1-2H3. The molecule has 0 radical (unpaired) electrons. The molecule has 130 valence electrons. The van der Waals surface area contributed by atoms with Crippen LogP contribution in [0.25, 0.3) is 5.82 Å². The lowest BCUT2D eigenvalue weighted by Gasteiger charge is -2.32. The molecule has 3 aromatic heterocycles. The second-order valence-electron chi connectivity index (χ2n) is 6.74. The van der Waals surface area contributed by atoms with E-state index in [9.17, 15) is 0 Å². The molecule has 0 spiro atoms. The first kappa shape index (κ1) is 16.2. The Balaban J connectivity index is 1.54. The molecule has 6 nitrogen and oxygen atoms in total. The number of nitrogens with zero attached hydrogens (tertiary/aromatic N) is 6. The molecule has 0 aliphatic carbocycles. The number of thiazole rings is 1. The van der Waals surface area contributed by atoms with Crippen LogP contribution >= 0.6 is 11.3 Å². The number of anilines is 1. The molecule has 1 fully saturated rings. The minimum atomic E-state index is 0.474. The molecule has 1 aliphatic rings. The molecule has 25 heavy (non-hydrogen) atoms. The molecule has 7 heteroatoms. The van der Waals surface area contributed by atoms with E-state index in [0.29, 0.717) is 11.8 Å². The summed E-state index contributed by atoms with van der Waals surface area (Å²) < 4.78 is 1.74. The van der Waals surface area contributed by atoms with E-state index in [1.165, 1.54) is 17.1 Å². The van der Waals surface area contributed by atoms with Crippen molar-refractivity contribution in [2.24, 2.45) is 0 Å². The average molecular weight is 354 g/mol. The van der Waals surface area contributed by atoms with Gasteiger partial charge in [-0.15, -0.1) is 11.3 Å². The Morgan fingerprint density at radius 1 is 1.20 bits per heavy atom. The molecule has 1 atom stereocenters. The Morgan fingerprint density at radius 3 is 2.84 bits per heavy atom. The fourth-order valence-corrected chi connectivity index (χ4v) is 4.26. The van der Waals surface area contributed by atoms with Gasteiger partial charge in [0, 0.05) is 36.8 Å². The number of hydrogen-bond donors (Lipinski definition) is 0. The van der Waals surface area contributed by atoms with Crippen molar-refractivity contribution >= 4 is 17.2 Å². The maximum Gasteiger partial charge on any atom is 0.173 e. The van der Waals surface area contributed by atoms with E-state index < -0.39 is 0 Å². The first-order valence-electron chi connectivity index (χ1n) is 8.73. The third-order valence-electron chi connectivity index (χ3n) is 4.57. The van der Waals surface area contributed by atoms with E-state index in [1.807, 2.05) is 18.5 Å². The topological polar surface area (TPSA) is 59.7 Å². The van der Waals surface area contributed by atoms with Crippen LogP contribution in [0.5, 0.6) is 0 Å². The van der Waals surface area contributed by atoms with Gasteiger partial charge in [0.2, 0.25) is 0 Å². The van der Waals surface area contributed by atoms with Crippen LogP contribution in [0.2, 0.25) is 0 Å². The van der Waals surface area contributed by atoms with Gasteiger partial charge in [0.1, 0.15) is 5.82 Å². The lowest BCUT2D eigenvalue weighted by molar-refractivity contribution is 0.503. The summed E-state index contributed by atoms with van der Waals surface area (Å²) in [5.41, 5.74) is 1.21. The van der Waals surface area contributed by atoms with E-state index in [2.05, 4.69) is 34.2 Å². The number of aromatic nitrogens is 5. The predicted octanol–water partition coefficient (Wildman–Crippen LogP) is 3.63. The van der Waals surface area contributed by atoms with E-state index in [0.717, 1.165) is 31.1 Å². The highest BCUT2D eigenvalue weighted by atomic mass is 32.1. The van der Waals surface area contributed by atoms with Crippen molar-refractivity contribution in [2.45, 2.75) is 38.5 Å². The lowest BCUT2D eigenvalue weighted by Crippen LogP contribution is -2.35. The summed E-state index contributed by atoms with van der Waals surface area (Å²) in [5, 5.41) is 7.70. The molecule has 0 N–H and O–H groups in total. The van der Waals surface area contributed by atoms with Crippen LogP contribution in [0, 0.1) is 0 Å². The highest BCUT2D eigenvalue weighted by Gasteiger charge is 2.25. The van der Waals surface area contributed by atoms with Crippen molar-refractivity contribution in [3.8, 4) is 5.82 Å². The Morgan fingerprint density at radius 2 is 2.08 bits per heavy atom. The van der Waals surface area contributed by atoms with Crippen molar-refractivity contribution < 1.29 is 0 Å². The van der Waals surface area contributed by atoms with Gasteiger partial charge in [-0.25, -0.2) is 14.6 Å². The summed E-state index contributed by atoms with van der Waals surface area (Å²) in [6, 6.07) is 1.89. The molecule has 0 amide bonds. The minimum absolute atomic E-state index is 0.474. The molecule has 3 aromatic rings. The monoisotopic (exact) mass is 354 g/mol. The Kier molecular flexibility index (Phi) is 4.48. The van der Waals surface area contributed by atoms with Crippen LogP contribution in [0.3, 0.4) is 0 Å².